The summed E-state index contributed by atoms with van der Waals surface area (Å²) in [5.41, 5.74) is 0.458. The summed E-state index contributed by atoms with van der Waals surface area (Å²) in [6.07, 6.45) is 4.29. The first-order chi connectivity index (χ1) is 9.26. The number of anilines is 1. The Morgan fingerprint density at radius 2 is 2.10 bits per heavy atom. The van der Waals surface area contributed by atoms with Crippen LogP contribution in [0.3, 0.4) is 0 Å². The van der Waals surface area contributed by atoms with Crippen molar-refractivity contribution in [1.82, 2.24) is 9.88 Å². The van der Waals surface area contributed by atoms with E-state index in [0.717, 1.165) is 19.1 Å². The van der Waals surface area contributed by atoms with Gasteiger partial charge in [-0.25, -0.2) is 13.4 Å². The largest absolute Gasteiger partial charge is 0.488 e. The summed E-state index contributed by atoms with van der Waals surface area (Å²) in [5.74, 6) is 0.0198. The molecule has 1 saturated carbocycles. The van der Waals surface area contributed by atoms with Crippen LogP contribution in [0.15, 0.2) is 12.3 Å². The zero-order chi connectivity index (χ0) is 14.9. The lowest BCUT2D eigenvalue weighted by molar-refractivity contribution is 0.0816. The molecule has 20 heavy (non-hydrogen) atoms. The van der Waals surface area contributed by atoms with Gasteiger partial charge in [0.25, 0.3) is 5.91 Å². The zero-order valence-electron chi connectivity index (χ0n) is 11.6. The van der Waals surface area contributed by atoms with Gasteiger partial charge in [-0.2, -0.15) is 0 Å². The fourth-order valence-corrected chi connectivity index (χ4v) is 2.08. The smallest absolute Gasteiger partial charge is 0.275 e. The third kappa shape index (κ3) is 3.83. The lowest BCUT2D eigenvalue weighted by Gasteiger charge is -2.15. The number of hydrogen-bond donors (Lipinski definition) is 1. The van der Waals surface area contributed by atoms with Crippen molar-refractivity contribution >= 4 is 21.6 Å². The van der Waals surface area contributed by atoms with Crippen molar-refractivity contribution in [3.63, 3.8) is 0 Å². The van der Waals surface area contributed by atoms with Crippen LogP contribution < -0.4 is 9.46 Å². The second-order valence-corrected chi connectivity index (χ2v) is 6.71. The number of carbonyl (C=O) groups excluding carboxylic acids is 1. The highest BCUT2D eigenvalue weighted by Crippen LogP contribution is 2.30. The fourth-order valence-electron chi connectivity index (χ4n) is 1.54. The van der Waals surface area contributed by atoms with Gasteiger partial charge in [-0.15, -0.1) is 0 Å². The predicted octanol–water partition coefficient (Wildman–Crippen LogP) is 0.696. The van der Waals surface area contributed by atoms with E-state index in [2.05, 4.69) is 9.71 Å². The van der Waals surface area contributed by atoms with Gasteiger partial charge in [0.1, 0.15) is 0 Å². The standard InChI is InChI=1S/C12H17N3O4S/c1-15(2)12(16)11-10(19-9-4-5-9)6-8(7-13-11)14-20(3,17)18/h6-7,9,14H,4-5H2,1-3H3. The van der Waals surface area contributed by atoms with Crippen LogP contribution in [0.2, 0.25) is 0 Å². The molecular weight excluding hydrogens is 282 g/mol. The average molecular weight is 299 g/mol. The van der Waals surface area contributed by atoms with Gasteiger partial charge in [-0.05, 0) is 12.8 Å². The van der Waals surface area contributed by atoms with Gasteiger partial charge in [0.05, 0.1) is 24.2 Å². The molecule has 0 unspecified atom stereocenters. The molecule has 1 aromatic rings. The highest BCUT2D eigenvalue weighted by Gasteiger charge is 2.27. The number of ether oxygens (including phenoxy) is 1. The quantitative estimate of drug-likeness (QED) is 0.864. The van der Waals surface area contributed by atoms with Crippen molar-refractivity contribution in [1.29, 1.82) is 0 Å². The molecule has 0 aliphatic heterocycles. The van der Waals surface area contributed by atoms with Gasteiger partial charge in [-0.1, -0.05) is 0 Å². The first-order valence-electron chi connectivity index (χ1n) is 6.12. The molecule has 110 valence electrons. The highest BCUT2D eigenvalue weighted by atomic mass is 32.2. The third-order valence-electron chi connectivity index (χ3n) is 2.58. The molecule has 1 aliphatic carbocycles. The lowest BCUT2D eigenvalue weighted by atomic mass is 10.3. The van der Waals surface area contributed by atoms with Gasteiger partial charge in [0.15, 0.2) is 11.4 Å². The number of carbonyl (C=O) groups is 1. The van der Waals surface area contributed by atoms with Crippen LogP contribution in [-0.2, 0) is 10.0 Å². The minimum absolute atomic E-state index is 0.0824. The van der Waals surface area contributed by atoms with E-state index in [1.165, 1.54) is 17.2 Å². The van der Waals surface area contributed by atoms with Gasteiger partial charge < -0.3 is 9.64 Å². The van der Waals surface area contributed by atoms with Crippen LogP contribution >= 0.6 is 0 Å². The number of nitrogens with one attached hydrogen (secondary N) is 1. The van der Waals surface area contributed by atoms with Crippen LogP contribution in [0.25, 0.3) is 0 Å². The summed E-state index contributed by atoms with van der Waals surface area (Å²) in [6, 6.07) is 1.49. The molecular formula is C12H17N3O4S. The van der Waals surface area contributed by atoms with E-state index in [1.807, 2.05) is 0 Å². The van der Waals surface area contributed by atoms with Crippen LogP contribution in [-0.4, -0.2) is 50.7 Å². The van der Waals surface area contributed by atoms with E-state index in [0.29, 0.717) is 5.75 Å². The molecule has 0 bridgehead atoms. The minimum atomic E-state index is -3.40. The van der Waals surface area contributed by atoms with Crippen LogP contribution in [0.4, 0.5) is 5.69 Å². The number of sulfonamides is 1. The molecule has 2 rings (SSSR count). The third-order valence-corrected chi connectivity index (χ3v) is 3.19. The maximum Gasteiger partial charge on any atom is 0.275 e. The fraction of sp³-hybridized carbons (Fsp3) is 0.500. The molecule has 1 aliphatic rings. The number of rotatable bonds is 5. The molecule has 1 aromatic heterocycles. The highest BCUT2D eigenvalue weighted by molar-refractivity contribution is 7.92. The van der Waals surface area contributed by atoms with E-state index in [1.54, 1.807) is 14.1 Å². The maximum atomic E-state index is 12.0. The molecule has 0 spiro atoms. The Labute approximate surface area is 118 Å². The molecule has 1 fully saturated rings. The second kappa shape index (κ2) is 5.28. The Kier molecular flexibility index (Phi) is 3.85. The summed E-state index contributed by atoms with van der Waals surface area (Å²) in [6.45, 7) is 0. The molecule has 0 atom stereocenters. The van der Waals surface area contributed by atoms with Crippen LogP contribution in [0, 0.1) is 0 Å². The molecule has 1 amide bonds. The van der Waals surface area contributed by atoms with Gasteiger partial charge in [-0.3, -0.25) is 9.52 Å². The van der Waals surface area contributed by atoms with E-state index in [-0.39, 0.29) is 23.4 Å². The molecule has 0 radical (unpaired) electrons. The molecule has 1 heterocycles. The van der Waals surface area contributed by atoms with E-state index in [9.17, 15) is 13.2 Å². The number of nitrogens with zero attached hydrogens (tertiary/aromatic N) is 2. The topological polar surface area (TPSA) is 88.6 Å². The van der Waals surface area contributed by atoms with Crippen LogP contribution in [0.1, 0.15) is 23.3 Å². The normalized spacial score (nSPS) is 14.8. The van der Waals surface area contributed by atoms with Crippen molar-refractivity contribution in [2.24, 2.45) is 0 Å². The van der Waals surface area contributed by atoms with Crippen molar-refractivity contribution in [2.45, 2.75) is 18.9 Å². The Morgan fingerprint density at radius 1 is 1.45 bits per heavy atom. The second-order valence-electron chi connectivity index (χ2n) is 4.96. The van der Waals surface area contributed by atoms with Gasteiger partial charge >= 0.3 is 0 Å². The van der Waals surface area contributed by atoms with Crippen LogP contribution in [0.5, 0.6) is 5.75 Å². The summed E-state index contributed by atoms with van der Waals surface area (Å²) in [5, 5.41) is 0. The van der Waals surface area contributed by atoms with Crippen molar-refractivity contribution in [3.05, 3.63) is 18.0 Å². The minimum Gasteiger partial charge on any atom is -0.488 e. The number of pyridine rings is 1. The molecule has 8 heteroatoms. The summed E-state index contributed by atoms with van der Waals surface area (Å²) >= 11 is 0. The van der Waals surface area contributed by atoms with Crippen molar-refractivity contribution in [2.75, 3.05) is 25.1 Å². The Hall–Kier alpha value is -1.83. The van der Waals surface area contributed by atoms with E-state index in [4.69, 9.17) is 4.74 Å². The van der Waals surface area contributed by atoms with Crippen molar-refractivity contribution < 1.29 is 17.9 Å². The van der Waals surface area contributed by atoms with E-state index >= 15 is 0 Å². The lowest BCUT2D eigenvalue weighted by Crippen LogP contribution is -2.24. The first kappa shape index (κ1) is 14.6. The molecule has 1 N–H and O–H groups in total. The Bertz CT molecular complexity index is 624. The first-order valence-corrected chi connectivity index (χ1v) is 8.01. The predicted molar refractivity (Wildman–Crippen MR) is 74.4 cm³/mol. The Morgan fingerprint density at radius 3 is 2.60 bits per heavy atom. The average Bonchev–Trinajstić information content (AvgIpc) is 3.10. The maximum absolute atomic E-state index is 12.0. The summed E-state index contributed by atoms with van der Waals surface area (Å²) < 4.78 is 30.4. The number of aromatic nitrogens is 1. The monoisotopic (exact) mass is 299 g/mol. The molecule has 0 saturated heterocycles. The summed E-state index contributed by atoms with van der Waals surface area (Å²) in [7, 11) is -0.160. The molecule has 0 aromatic carbocycles. The number of amides is 1. The van der Waals surface area contributed by atoms with E-state index < -0.39 is 10.0 Å². The Balaban J connectivity index is 2.34. The molecule has 7 nitrogen and oxygen atoms in total. The summed E-state index contributed by atoms with van der Waals surface area (Å²) in [4.78, 5) is 17.4. The number of hydrogen-bond acceptors (Lipinski definition) is 5. The zero-order valence-corrected chi connectivity index (χ0v) is 12.4. The van der Waals surface area contributed by atoms with Gasteiger partial charge in [0, 0.05) is 20.2 Å². The van der Waals surface area contributed by atoms with Crippen molar-refractivity contribution in [3.8, 4) is 5.75 Å². The van der Waals surface area contributed by atoms with Gasteiger partial charge in [0.2, 0.25) is 10.0 Å². The SMILES string of the molecule is CN(C)C(=O)c1ncc(NS(C)(=O)=O)cc1OC1CC1.